The number of amides is 1. The normalized spacial score (nSPS) is 10.7. The Morgan fingerprint density at radius 3 is 2.86 bits per heavy atom. The molecule has 0 saturated carbocycles. The third-order valence-electron chi connectivity index (χ3n) is 4.45. The Balaban J connectivity index is 1.47. The molecule has 0 aliphatic carbocycles. The molecule has 29 heavy (non-hydrogen) atoms. The third-order valence-corrected chi connectivity index (χ3v) is 4.45. The van der Waals surface area contributed by atoms with Gasteiger partial charge in [-0.2, -0.15) is 10.2 Å². The van der Waals surface area contributed by atoms with Crippen LogP contribution >= 0.6 is 0 Å². The molecule has 146 valence electrons. The number of nitrogens with one attached hydrogen (secondary N) is 3. The zero-order valence-electron chi connectivity index (χ0n) is 16.0. The van der Waals surface area contributed by atoms with Crippen molar-refractivity contribution >= 4 is 17.5 Å². The Morgan fingerprint density at radius 2 is 2.14 bits per heavy atom. The van der Waals surface area contributed by atoms with Crippen LogP contribution in [0.3, 0.4) is 0 Å². The second kappa shape index (κ2) is 7.93. The molecule has 0 aliphatic heterocycles. The molecule has 1 amide bonds. The number of hydrogen-bond donors (Lipinski definition) is 3. The highest BCUT2D eigenvalue weighted by atomic mass is 16.1. The Morgan fingerprint density at radius 1 is 1.24 bits per heavy atom. The van der Waals surface area contributed by atoms with Crippen LogP contribution in [0.15, 0.2) is 55.2 Å². The summed E-state index contributed by atoms with van der Waals surface area (Å²) in [5.74, 6) is 0.341. The van der Waals surface area contributed by atoms with E-state index in [1.165, 1.54) is 6.20 Å². The first-order valence-electron chi connectivity index (χ1n) is 9.04. The summed E-state index contributed by atoms with van der Waals surface area (Å²) in [6.07, 6.45) is 8.35. The van der Waals surface area contributed by atoms with E-state index in [0.717, 1.165) is 28.1 Å². The summed E-state index contributed by atoms with van der Waals surface area (Å²) < 4.78 is 1.71. The predicted octanol–water partition coefficient (Wildman–Crippen LogP) is 2.58. The average Bonchev–Trinajstić information content (AvgIpc) is 3.39. The number of benzene rings is 1. The van der Waals surface area contributed by atoms with E-state index in [2.05, 4.69) is 42.0 Å². The molecular formula is C20H20N8O. The number of aryl methyl sites for hydroxylation is 2. The monoisotopic (exact) mass is 388 g/mol. The number of carbonyl (C=O) groups excluding carboxylic acids is 1. The van der Waals surface area contributed by atoms with Gasteiger partial charge in [0, 0.05) is 37.7 Å². The van der Waals surface area contributed by atoms with E-state index in [-0.39, 0.29) is 5.91 Å². The fourth-order valence-corrected chi connectivity index (χ4v) is 2.90. The summed E-state index contributed by atoms with van der Waals surface area (Å²) in [5.41, 5.74) is 5.22. The maximum absolute atomic E-state index is 12.1. The van der Waals surface area contributed by atoms with E-state index >= 15 is 0 Å². The molecule has 0 unspecified atom stereocenters. The van der Waals surface area contributed by atoms with Crippen molar-refractivity contribution in [1.29, 1.82) is 0 Å². The molecule has 9 heteroatoms. The number of carbonyl (C=O) groups is 1. The Labute approximate surface area is 167 Å². The zero-order chi connectivity index (χ0) is 20.2. The smallest absolute Gasteiger partial charge is 0.254 e. The van der Waals surface area contributed by atoms with Gasteiger partial charge < -0.3 is 10.6 Å². The maximum Gasteiger partial charge on any atom is 0.254 e. The number of H-pyrrole nitrogens is 1. The lowest BCUT2D eigenvalue weighted by atomic mass is 10.0. The summed E-state index contributed by atoms with van der Waals surface area (Å²) in [5, 5.41) is 16.6. The van der Waals surface area contributed by atoms with Crippen molar-refractivity contribution in [3.05, 3.63) is 71.9 Å². The second-order valence-corrected chi connectivity index (χ2v) is 6.60. The largest absolute Gasteiger partial charge is 0.348 e. The van der Waals surface area contributed by atoms with Gasteiger partial charge in [0.05, 0.1) is 29.3 Å². The molecule has 0 fully saturated rings. The molecule has 0 saturated heterocycles. The summed E-state index contributed by atoms with van der Waals surface area (Å²) >= 11 is 0. The van der Waals surface area contributed by atoms with Crippen LogP contribution in [0.2, 0.25) is 0 Å². The van der Waals surface area contributed by atoms with Crippen LogP contribution in [0.4, 0.5) is 11.6 Å². The molecule has 4 aromatic rings. The third kappa shape index (κ3) is 4.29. The van der Waals surface area contributed by atoms with Crippen LogP contribution in [0.1, 0.15) is 21.5 Å². The van der Waals surface area contributed by atoms with Gasteiger partial charge in [-0.15, -0.1) is 0 Å². The topological polar surface area (TPSA) is 113 Å². The summed E-state index contributed by atoms with van der Waals surface area (Å²) in [6, 6.07) is 7.90. The van der Waals surface area contributed by atoms with Crippen LogP contribution in [0, 0.1) is 6.92 Å². The van der Waals surface area contributed by atoms with Crippen molar-refractivity contribution in [2.45, 2.75) is 13.5 Å². The number of hydrogen-bond acceptors (Lipinski definition) is 6. The van der Waals surface area contributed by atoms with Crippen molar-refractivity contribution in [2.75, 3.05) is 5.32 Å². The quantitative estimate of drug-likeness (QED) is 0.468. The standard InChI is InChI=1S/C20H20N8O/c1-13-7-14(3-4-15(13)8-22-19(29)16-9-23-24-10-16)18-5-6-21-20(27-18)26-17-11-25-28(2)12-17/h3-7,9-12H,8H2,1-2H3,(H,22,29)(H,23,24)(H,21,26,27). The number of nitrogens with zero attached hydrogens (tertiary/aromatic N) is 5. The van der Waals surface area contributed by atoms with Crippen molar-refractivity contribution in [3.8, 4) is 11.3 Å². The highest BCUT2D eigenvalue weighted by Gasteiger charge is 2.09. The first-order valence-corrected chi connectivity index (χ1v) is 9.04. The number of aromatic nitrogens is 6. The Kier molecular flexibility index (Phi) is 5.02. The van der Waals surface area contributed by atoms with E-state index in [1.54, 1.807) is 23.3 Å². The number of aromatic amines is 1. The molecule has 1 aromatic carbocycles. The zero-order valence-corrected chi connectivity index (χ0v) is 16.0. The molecule has 0 aliphatic rings. The van der Waals surface area contributed by atoms with Crippen LogP contribution in [0.5, 0.6) is 0 Å². The average molecular weight is 388 g/mol. The molecule has 3 N–H and O–H groups in total. The van der Waals surface area contributed by atoms with Gasteiger partial charge in [-0.25, -0.2) is 9.97 Å². The lowest BCUT2D eigenvalue weighted by Crippen LogP contribution is -2.22. The van der Waals surface area contributed by atoms with E-state index in [9.17, 15) is 4.79 Å². The van der Waals surface area contributed by atoms with Crippen molar-refractivity contribution in [3.63, 3.8) is 0 Å². The first-order chi connectivity index (χ1) is 14.1. The Bertz CT molecular complexity index is 1130. The van der Waals surface area contributed by atoms with Crippen LogP contribution in [0.25, 0.3) is 11.3 Å². The van der Waals surface area contributed by atoms with Gasteiger partial charge in [0.2, 0.25) is 5.95 Å². The molecule has 9 nitrogen and oxygen atoms in total. The van der Waals surface area contributed by atoms with E-state index in [0.29, 0.717) is 18.1 Å². The van der Waals surface area contributed by atoms with Gasteiger partial charge in [-0.05, 0) is 30.2 Å². The van der Waals surface area contributed by atoms with Gasteiger partial charge >= 0.3 is 0 Å². The van der Waals surface area contributed by atoms with Crippen molar-refractivity contribution in [2.24, 2.45) is 7.05 Å². The fourth-order valence-electron chi connectivity index (χ4n) is 2.90. The van der Waals surface area contributed by atoms with Crippen molar-refractivity contribution < 1.29 is 4.79 Å². The molecule has 0 radical (unpaired) electrons. The molecular weight excluding hydrogens is 368 g/mol. The highest BCUT2D eigenvalue weighted by molar-refractivity contribution is 5.93. The van der Waals surface area contributed by atoms with Gasteiger partial charge in [-0.3, -0.25) is 14.6 Å². The lowest BCUT2D eigenvalue weighted by molar-refractivity contribution is 0.0951. The predicted molar refractivity (Wildman–Crippen MR) is 108 cm³/mol. The molecule has 4 rings (SSSR count). The Hall–Kier alpha value is -4.01. The van der Waals surface area contributed by atoms with Crippen LogP contribution < -0.4 is 10.6 Å². The van der Waals surface area contributed by atoms with E-state index < -0.39 is 0 Å². The van der Waals surface area contributed by atoms with Gasteiger partial charge in [0.1, 0.15) is 0 Å². The number of rotatable bonds is 6. The van der Waals surface area contributed by atoms with Crippen LogP contribution in [-0.4, -0.2) is 35.9 Å². The molecule has 0 bridgehead atoms. The fraction of sp³-hybridized carbons (Fsp3) is 0.150. The summed E-state index contributed by atoms with van der Waals surface area (Å²) in [4.78, 5) is 20.9. The van der Waals surface area contributed by atoms with Crippen molar-refractivity contribution in [1.82, 2.24) is 35.3 Å². The van der Waals surface area contributed by atoms with Crippen LogP contribution in [-0.2, 0) is 13.6 Å². The number of anilines is 2. The SMILES string of the molecule is Cc1cc(-c2ccnc(Nc3cnn(C)c3)n2)ccc1CNC(=O)c1cn[nH]c1. The molecule has 0 atom stereocenters. The minimum atomic E-state index is -0.163. The summed E-state index contributed by atoms with van der Waals surface area (Å²) in [6.45, 7) is 2.45. The summed E-state index contributed by atoms with van der Waals surface area (Å²) in [7, 11) is 1.85. The maximum atomic E-state index is 12.1. The van der Waals surface area contributed by atoms with E-state index in [4.69, 9.17) is 0 Å². The van der Waals surface area contributed by atoms with Gasteiger partial charge in [0.15, 0.2) is 0 Å². The highest BCUT2D eigenvalue weighted by Crippen LogP contribution is 2.22. The minimum Gasteiger partial charge on any atom is -0.348 e. The van der Waals surface area contributed by atoms with Gasteiger partial charge in [-0.1, -0.05) is 12.1 Å². The molecule has 0 spiro atoms. The molecule has 3 aromatic heterocycles. The van der Waals surface area contributed by atoms with Gasteiger partial charge in [0.25, 0.3) is 5.91 Å². The molecule has 3 heterocycles. The second-order valence-electron chi connectivity index (χ2n) is 6.60. The minimum absolute atomic E-state index is 0.163. The lowest BCUT2D eigenvalue weighted by Gasteiger charge is -2.10. The first kappa shape index (κ1) is 18.4. The van der Waals surface area contributed by atoms with E-state index in [1.807, 2.05) is 38.4 Å².